The van der Waals surface area contributed by atoms with E-state index in [0.717, 1.165) is 5.56 Å². The molecule has 0 aromatic carbocycles. The SMILES string of the molecule is CCNC(OS(=O)(=O)C(F)(F)F)C1OCCc2ccsc21. The summed E-state index contributed by atoms with van der Waals surface area (Å²) >= 11 is 1.30. The fraction of sp³-hybridized carbons (Fsp3) is 0.636. The van der Waals surface area contributed by atoms with Crippen LogP contribution in [0.15, 0.2) is 11.4 Å². The van der Waals surface area contributed by atoms with Crippen LogP contribution < -0.4 is 5.32 Å². The molecule has 120 valence electrons. The van der Waals surface area contributed by atoms with Gasteiger partial charge in [-0.1, -0.05) is 6.92 Å². The molecule has 1 aromatic heterocycles. The maximum Gasteiger partial charge on any atom is 0.523 e. The number of halogens is 3. The van der Waals surface area contributed by atoms with Gasteiger partial charge >= 0.3 is 15.6 Å². The molecule has 0 amide bonds. The van der Waals surface area contributed by atoms with E-state index in [1.54, 1.807) is 12.3 Å². The summed E-state index contributed by atoms with van der Waals surface area (Å²) in [5, 5.41) is 4.38. The summed E-state index contributed by atoms with van der Waals surface area (Å²) in [4.78, 5) is 0.685. The fourth-order valence-electron chi connectivity index (χ4n) is 1.98. The van der Waals surface area contributed by atoms with E-state index in [-0.39, 0.29) is 6.54 Å². The normalized spacial score (nSPS) is 21.0. The number of fused-ring (bicyclic) bond motifs is 1. The first-order valence-electron chi connectivity index (χ1n) is 6.17. The van der Waals surface area contributed by atoms with Crippen LogP contribution >= 0.6 is 11.3 Å². The summed E-state index contributed by atoms with van der Waals surface area (Å²) in [6, 6.07) is 1.84. The molecule has 0 bridgehead atoms. The first-order chi connectivity index (χ1) is 9.76. The first-order valence-corrected chi connectivity index (χ1v) is 8.46. The maximum atomic E-state index is 12.5. The molecule has 0 saturated heterocycles. The Morgan fingerprint density at radius 3 is 2.90 bits per heavy atom. The van der Waals surface area contributed by atoms with E-state index in [1.165, 1.54) is 11.3 Å². The lowest BCUT2D eigenvalue weighted by molar-refractivity contribution is -0.0785. The van der Waals surface area contributed by atoms with Crippen molar-refractivity contribution in [3.8, 4) is 0 Å². The number of thiophene rings is 1. The molecule has 1 aliphatic rings. The molecule has 0 aliphatic carbocycles. The minimum Gasteiger partial charge on any atom is -0.368 e. The average Bonchev–Trinajstić information content (AvgIpc) is 2.84. The molecule has 10 heteroatoms. The largest absolute Gasteiger partial charge is 0.523 e. The van der Waals surface area contributed by atoms with Crippen LogP contribution in [0.4, 0.5) is 13.2 Å². The van der Waals surface area contributed by atoms with Gasteiger partial charge in [-0.15, -0.1) is 11.3 Å². The lowest BCUT2D eigenvalue weighted by Gasteiger charge is -2.30. The zero-order valence-corrected chi connectivity index (χ0v) is 12.6. The third kappa shape index (κ3) is 3.57. The lowest BCUT2D eigenvalue weighted by atomic mass is 10.1. The second-order valence-electron chi connectivity index (χ2n) is 4.33. The van der Waals surface area contributed by atoms with E-state index >= 15 is 0 Å². The van der Waals surface area contributed by atoms with Gasteiger partial charge in [-0.25, -0.2) is 4.18 Å². The van der Waals surface area contributed by atoms with Crippen molar-refractivity contribution in [1.82, 2.24) is 5.32 Å². The van der Waals surface area contributed by atoms with Crippen LogP contribution in [0.25, 0.3) is 0 Å². The van der Waals surface area contributed by atoms with Crippen LogP contribution in [0.3, 0.4) is 0 Å². The average molecular weight is 345 g/mol. The number of ether oxygens (including phenoxy) is 1. The maximum absolute atomic E-state index is 12.5. The molecule has 1 aliphatic heterocycles. The Kier molecular flexibility index (Phi) is 4.93. The zero-order valence-electron chi connectivity index (χ0n) is 11.0. The minimum atomic E-state index is -5.69. The summed E-state index contributed by atoms with van der Waals surface area (Å²) < 4.78 is 69.5. The molecule has 0 fully saturated rings. The monoisotopic (exact) mass is 345 g/mol. The Balaban J connectivity index is 2.26. The van der Waals surface area contributed by atoms with Gasteiger partial charge in [0.2, 0.25) is 0 Å². The van der Waals surface area contributed by atoms with E-state index < -0.39 is 28.0 Å². The van der Waals surface area contributed by atoms with Gasteiger partial charge in [0, 0.05) is 4.88 Å². The van der Waals surface area contributed by atoms with Gasteiger partial charge in [0.25, 0.3) is 0 Å². The number of rotatable bonds is 5. The number of likely N-dealkylation sites (N-methyl/N-ethyl adjacent to an activating group) is 1. The van der Waals surface area contributed by atoms with Crippen molar-refractivity contribution in [3.63, 3.8) is 0 Å². The summed E-state index contributed by atoms with van der Waals surface area (Å²) in [6.45, 7) is 2.17. The van der Waals surface area contributed by atoms with Crippen molar-refractivity contribution in [3.05, 3.63) is 21.9 Å². The quantitative estimate of drug-likeness (QED) is 0.503. The third-order valence-electron chi connectivity index (χ3n) is 2.90. The van der Waals surface area contributed by atoms with Gasteiger partial charge in [0.05, 0.1) is 6.61 Å². The van der Waals surface area contributed by atoms with Gasteiger partial charge in [0.1, 0.15) is 6.10 Å². The molecule has 2 unspecified atom stereocenters. The lowest BCUT2D eigenvalue weighted by Crippen LogP contribution is -2.43. The minimum absolute atomic E-state index is 0.235. The van der Waals surface area contributed by atoms with Crippen LogP contribution in [-0.2, 0) is 25.5 Å². The highest BCUT2D eigenvalue weighted by atomic mass is 32.2. The molecule has 0 radical (unpaired) electrons. The highest BCUT2D eigenvalue weighted by Gasteiger charge is 2.50. The molecule has 0 spiro atoms. The molecule has 21 heavy (non-hydrogen) atoms. The molecule has 2 rings (SSSR count). The smallest absolute Gasteiger partial charge is 0.368 e. The highest BCUT2D eigenvalue weighted by molar-refractivity contribution is 7.87. The summed E-state index contributed by atoms with van der Waals surface area (Å²) in [5.74, 6) is 0. The standard InChI is InChI=1S/C11H14F3NO4S2/c1-2-15-10(19-21(16,17)11(12,13)14)8-9-7(3-5-18-8)4-6-20-9/h4,6,8,10,15H,2-3,5H2,1H3. The number of hydrogen-bond donors (Lipinski definition) is 1. The van der Waals surface area contributed by atoms with Gasteiger partial charge < -0.3 is 4.74 Å². The van der Waals surface area contributed by atoms with Crippen LogP contribution in [0.2, 0.25) is 0 Å². The molecule has 0 saturated carbocycles. The molecule has 2 atom stereocenters. The Labute approximate surface area is 124 Å². The van der Waals surface area contributed by atoms with Gasteiger partial charge in [0.15, 0.2) is 6.23 Å². The predicted octanol–water partition coefficient (Wildman–Crippen LogP) is 2.16. The van der Waals surface area contributed by atoms with Crippen molar-refractivity contribution in [2.75, 3.05) is 13.2 Å². The second kappa shape index (κ2) is 6.21. The van der Waals surface area contributed by atoms with Crippen LogP contribution in [-0.4, -0.2) is 33.3 Å². The fourth-order valence-corrected chi connectivity index (χ4v) is 3.56. The van der Waals surface area contributed by atoms with Crippen molar-refractivity contribution in [2.45, 2.75) is 31.2 Å². The first kappa shape index (κ1) is 16.7. The molecular weight excluding hydrogens is 331 g/mol. The summed E-state index contributed by atoms with van der Waals surface area (Å²) in [5.41, 5.74) is -4.53. The van der Waals surface area contributed by atoms with Crippen LogP contribution in [0.5, 0.6) is 0 Å². The Morgan fingerprint density at radius 1 is 1.57 bits per heavy atom. The number of nitrogens with one attached hydrogen (secondary N) is 1. The van der Waals surface area contributed by atoms with E-state index in [4.69, 9.17) is 4.74 Å². The second-order valence-corrected chi connectivity index (χ2v) is 6.84. The summed E-state index contributed by atoms with van der Waals surface area (Å²) in [7, 11) is -5.69. The van der Waals surface area contributed by atoms with Gasteiger partial charge in [-0.3, -0.25) is 5.32 Å². The predicted molar refractivity (Wildman–Crippen MR) is 70.2 cm³/mol. The Hall–Kier alpha value is -0.680. The zero-order chi connectivity index (χ0) is 15.7. The van der Waals surface area contributed by atoms with E-state index in [1.807, 2.05) is 6.07 Å². The highest BCUT2D eigenvalue weighted by Crippen LogP contribution is 2.36. The van der Waals surface area contributed by atoms with Crippen molar-refractivity contribution in [1.29, 1.82) is 0 Å². The molecule has 1 N–H and O–H groups in total. The Morgan fingerprint density at radius 2 is 2.29 bits per heavy atom. The molecule has 2 heterocycles. The van der Waals surface area contributed by atoms with Gasteiger partial charge in [-0.2, -0.15) is 21.6 Å². The van der Waals surface area contributed by atoms with Crippen molar-refractivity contribution < 1.29 is 30.5 Å². The van der Waals surface area contributed by atoms with Crippen LogP contribution in [0, 0.1) is 0 Å². The van der Waals surface area contributed by atoms with E-state index in [2.05, 4.69) is 9.50 Å². The Bertz CT molecular complexity index is 585. The van der Waals surface area contributed by atoms with E-state index in [9.17, 15) is 21.6 Å². The third-order valence-corrected chi connectivity index (χ3v) is 4.95. The molecule has 1 aromatic rings. The molecule has 5 nitrogen and oxygen atoms in total. The topological polar surface area (TPSA) is 64.6 Å². The molecular formula is C11H14F3NO4S2. The number of alkyl halides is 3. The number of hydrogen-bond acceptors (Lipinski definition) is 6. The van der Waals surface area contributed by atoms with Crippen molar-refractivity contribution in [2.24, 2.45) is 0 Å². The van der Waals surface area contributed by atoms with E-state index in [0.29, 0.717) is 17.9 Å². The van der Waals surface area contributed by atoms with Gasteiger partial charge in [-0.05, 0) is 30.0 Å². The van der Waals surface area contributed by atoms with Crippen molar-refractivity contribution >= 4 is 21.5 Å². The summed E-state index contributed by atoms with van der Waals surface area (Å²) in [6.07, 6.45) is -1.66. The van der Waals surface area contributed by atoms with Crippen LogP contribution in [0.1, 0.15) is 23.5 Å².